The molecule has 10 nitrogen and oxygen atoms in total. The lowest BCUT2D eigenvalue weighted by Crippen LogP contribution is -2.24. The summed E-state index contributed by atoms with van der Waals surface area (Å²) in [5, 5.41) is 8.34. The van der Waals surface area contributed by atoms with E-state index in [0.717, 1.165) is 37.3 Å². The standard InChI is InChI=1S/C9H14O.2C9H16O.C8H13FO.C8H14O2.C7H11FO.C7H12O2.C7H12O/c1-9(2,3)8(10)7-5-4-6-7;2*1-5-6-7-8(10)9(2,3)4;1-6(9)5-7(10)8(2,3)4;1-8(2,3)7(10)5-4-6-9;1-5(8)6(9)7(2,3)4;1-7(2,3)6(8)5-4-9-5;1-5-6(8)7(2,3)4/h5H,4,6H2,1-3H3;2*6-7H,5H2,1-4H3;5H,1-4H3;4-5,9H,6H2,1-3H3;1H2,2-4H3;5H,4H2,1-3H3;5H,1H2,2-4H3/b;2*7-6+;6-5-;5-4+;;;. The maximum atomic E-state index is 12.1. The first kappa shape index (κ1) is 82.7. The number of epoxide rings is 1. The number of ether oxygens (including phenoxy) is 1. The van der Waals surface area contributed by atoms with Crippen LogP contribution in [0.4, 0.5) is 8.78 Å². The Kier molecular flexibility index (Phi) is 40.4. The van der Waals surface area contributed by atoms with Crippen LogP contribution in [0.3, 0.4) is 0 Å². The van der Waals surface area contributed by atoms with Gasteiger partial charge in [0.15, 0.2) is 52.1 Å². The number of hydrogen-bond acceptors (Lipinski definition) is 10. The Morgan fingerprint density at radius 1 is 0.553 bits per heavy atom. The van der Waals surface area contributed by atoms with Gasteiger partial charge in [0.2, 0.25) is 0 Å². The number of halogens is 2. The van der Waals surface area contributed by atoms with E-state index in [1.54, 1.807) is 53.7 Å². The molecule has 76 heavy (non-hydrogen) atoms. The van der Waals surface area contributed by atoms with Gasteiger partial charge < -0.3 is 9.84 Å². The van der Waals surface area contributed by atoms with E-state index < -0.39 is 28.3 Å². The van der Waals surface area contributed by atoms with Crippen molar-refractivity contribution in [3.05, 3.63) is 85.1 Å². The molecule has 1 saturated heterocycles. The van der Waals surface area contributed by atoms with Crippen molar-refractivity contribution in [2.45, 2.75) is 219 Å². The first-order valence-electron chi connectivity index (χ1n) is 26.2. The highest BCUT2D eigenvalue weighted by Crippen LogP contribution is 2.28. The number of allylic oxidation sites excluding steroid dienone is 11. The van der Waals surface area contributed by atoms with Crippen LogP contribution in [-0.4, -0.2) is 70.7 Å². The zero-order chi connectivity index (χ0) is 62.2. The Balaban J connectivity index is -0.000000184. The van der Waals surface area contributed by atoms with Crippen LogP contribution in [0.15, 0.2) is 85.1 Å². The van der Waals surface area contributed by atoms with Crippen molar-refractivity contribution in [2.75, 3.05) is 13.2 Å². The van der Waals surface area contributed by atoms with E-state index in [0.29, 0.717) is 12.4 Å². The predicted molar refractivity (Wildman–Crippen MR) is 313 cm³/mol. The van der Waals surface area contributed by atoms with Crippen molar-refractivity contribution >= 4 is 46.3 Å². The third-order valence-corrected chi connectivity index (χ3v) is 9.67. The van der Waals surface area contributed by atoms with Crippen LogP contribution in [-0.2, 0) is 43.1 Å². The highest BCUT2D eigenvalue weighted by atomic mass is 19.1. The molecule has 0 aromatic heterocycles. The quantitative estimate of drug-likeness (QED) is 0.155. The molecule has 2 aliphatic rings. The first-order valence-corrected chi connectivity index (χ1v) is 26.2. The summed E-state index contributed by atoms with van der Waals surface area (Å²) < 4.78 is 29.0. The van der Waals surface area contributed by atoms with Crippen LogP contribution in [0.2, 0.25) is 0 Å². The summed E-state index contributed by atoms with van der Waals surface area (Å²) in [5.74, 6) is -0.901. The van der Waals surface area contributed by atoms with Crippen LogP contribution in [0.1, 0.15) is 213 Å². The summed E-state index contributed by atoms with van der Waals surface area (Å²) in [6.45, 7) is 56.7. The smallest absolute Gasteiger partial charge is 0.195 e. The van der Waals surface area contributed by atoms with Crippen molar-refractivity contribution in [3.8, 4) is 0 Å². The van der Waals surface area contributed by atoms with Gasteiger partial charge in [-0.2, -0.15) is 0 Å². The van der Waals surface area contributed by atoms with E-state index in [4.69, 9.17) is 9.84 Å². The van der Waals surface area contributed by atoms with E-state index in [-0.39, 0.29) is 79.9 Å². The molecule has 0 spiro atoms. The Morgan fingerprint density at radius 3 is 0.974 bits per heavy atom. The van der Waals surface area contributed by atoms with Crippen LogP contribution in [0.5, 0.6) is 0 Å². The van der Waals surface area contributed by atoms with Crippen molar-refractivity contribution in [1.29, 1.82) is 0 Å². The fourth-order valence-electron chi connectivity index (χ4n) is 4.13. The van der Waals surface area contributed by atoms with E-state index in [1.165, 1.54) is 25.2 Å². The third-order valence-electron chi connectivity index (χ3n) is 9.67. The molecule has 438 valence electrons. The number of ketones is 8. The zero-order valence-electron chi connectivity index (χ0n) is 52.8. The lowest BCUT2D eigenvalue weighted by Gasteiger charge is -2.22. The molecular weight excluding hydrogens is 967 g/mol. The summed E-state index contributed by atoms with van der Waals surface area (Å²) in [7, 11) is 0. The molecule has 2 rings (SSSR count). The highest BCUT2D eigenvalue weighted by molar-refractivity contribution is 6.00. The van der Waals surface area contributed by atoms with Gasteiger partial charge in [-0.1, -0.05) is 217 Å². The zero-order valence-corrected chi connectivity index (χ0v) is 52.8. The van der Waals surface area contributed by atoms with Crippen LogP contribution in [0.25, 0.3) is 0 Å². The van der Waals surface area contributed by atoms with Crippen LogP contribution >= 0.6 is 0 Å². The SMILES string of the molecule is C/C(F)=C/C(=O)C(C)(C)C.C=C(F)C(=O)C(C)(C)C.C=CC(=O)C(C)(C)C.CC(C)(C)C(=O)/C=C/CO.CC(C)(C)C(=O)C1=CCC1.CC(C)(C)C(=O)C1CO1.CC/C=C/C(=O)C(C)(C)C.CC/C=C/C(=O)C(C)(C)C. The molecule has 0 bridgehead atoms. The molecule has 0 amide bonds. The topological polar surface area (TPSA) is 169 Å². The molecule has 12 heteroatoms. The number of rotatable bonds is 11. The van der Waals surface area contributed by atoms with Gasteiger partial charge >= 0.3 is 0 Å². The predicted octanol–water partition coefficient (Wildman–Crippen LogP) is 16.0. The second kappa shape index (κ2) is 37.2. The van der Waals surface area contributed by atoms with E-state index in [2.05, 4.69) is 13.2 Å². The maximum absolute atomic E-state index is 12.1. The lowest BCUT2D eigenvalue weighted by molar-refractivity contribution is -0.127. The molecule has 1 unspecified atom stereocenters. The van der Waals surface area contributed by atoms with Crippen molar-refractivity contribution in [2.24, 2.45) is 43.3 Å². The molecule has 0 radical (unpaired) electrons. The second-order valence-corrected chi connectivity index (χ2v) is 26.5. The Bertz CT molecular complexity index is 1920. The minimum absolute atomic E-state index is 0.0431. The van der Waals surface area contributed by atoms with Gasteiger partial charge in [0.05, 0.1) is 13.2 Å². The van der Waals surface area contributed by atoms with Crippen LogP contribution in [0, 0.1) is 43.3 Å². The summed E-state index contributed by atoms with van der Waals surface area (Å²) >= 11 is 0. The Hall–Kier alpha value is -4.68. The average Bonchev–Trinajstić information content (AvgIpc) is 4.07. The number of aliphatic hydroxyl groups excluding tert-OH is 1. The summed E-state index contributed by atoms with van der Waals surface area (Å²) in [6.07, 6.45) is 18.3. The van der Waals surface area contributed by atoms with E-state index in [9.17, 15) is 47.1 Å². The van der Waals surface area contributed by atoms with E-state index >= 15 is 0 Å². The van der Waals surface area contributed by atoms with Gasteiger partial charge in [-0.05, 0) is 62.5 Å². The second-order valence-electron chi connectivity index (χ2n) is 26.5. The van der Waals surface area contributed by atoms with Gasteiger partial charge in [-0.3, -0.25) is 38.4 Å². The minimum Gasteiger partial charge on any atom is -0.392 e. The highest BCUT2D eigenvalue weighted by Gasteiger charge is 2.38. The molecular formula is C64H108F2O10. The van der Waals surface area contributed by atoms with E-state index in [1.807, 2.05) is 157 Å². The first-order chi connectivity index (χ1) is 33.6. The summed E-state index contributed by atoms with van der Waals surface area (Å²) in [6, 6.07) is 0. The van der Waals surface area contributed by atoms with Gasteiger partial charge in [0.1, 0.15) is 11.9 Å². The van der Waals surface area contributed by atoms with Gasteiger partial charge in [-0.15, -0.1) is 0 Å². The van der Waals surface area contributed by atoms with Gasteiger partial charge in [-0.25, -0.2) is 8.78 Å². The van der Waals surface area contributed by atoms with Crippen LogP contribution < -0.4 is 0 Å². The molecule has 1 aliphatic heterocycles. The number of aliphatic hydroxyl groups is 1. The molecule has 1 N–H and O–H groups in total. The number of carbonyl (C=O) groups is 8. The largest absolute Gasteiger partial charge is 0.392 e. The average molecular weight is 1080 g/mol. The molecule has 1 atom stereocenters. The molecule has 0 aromatic rings. The number of hydrogen-bond donors (Lipinski definition) is 1. The fraction of sp³-hybridized carbons (Fsp3) is 0.656. The van der Waals surface area contributed by atoms with Crippen molar-refractivity contribution in [3.63, 3.8) is 0 Å². The lowest BCUT2D eigenvalue weighted by atomic mass is 9.81. The third kappa shape index (κ3) is 47.7. The maximum Gasteiger partial charge on any atom is 0.195 e. The fourth-order valence-corrected chi connectivity index (χ4v) is 4.13. The molecule has 1 aliphatic carbocycles. The Labute approximate surface area is 461 Å². The minimum atomic E-state index is -0.859. The van der Waals surface area contributed by atoms with Gasteiger partial charge in [0.25, 0.3) is 0 Å². The van der Waals surface area contributed by atoms with Crippen molar-refractivity contribution in [1.82, 2.24) is 0 Å². The summed E-state index contributed by atoms with van der Waals surface area (Å²) in [5.41, 5.74) is -1.47. The molecule has 1 fully saturated rings. The normalized spacial score (nSPS) is 14.5. The molecule has 1 heterocycles. The van der Waals surface area contributed by atoms with Crippen molar-refractivity contribution < 1.29 is 57.0 Å². The molecule has 0 aromatic carbocycles. The number of carbonyl (C=O) groups excluding carboxylic acids is 8. The Morgan fingerprint density at radius 2 is 0.868 bits per heavy atom. The monoisotopic (exact) mass is 1070 g/mol. The number of Topliss-reactive ketones (excluding diaryl/α,β-unsaturated/α-hetero) is 3. The van der Waals surface area contributed by atoms with Gasteiger partial charge in [0, 0.05) is 49.4 Å². The summed E-state index contributed by atoms with van der Waals surface area (Å²) in [4.78, 5) is 88.1. The molecule has 0 saturated carbocycles.